The lowest BCUT2D eigenvalue weighted by molar-refractivity contribution is 0.402. The minimum absolute atomic E-state index is 0.0452. The Kier molecular flexibility index (Phi) is 3.81. The van der Waals surface area contributed by atoms with E-state index in [1.807, 2.05) is 60.7 Å². The summed E-state index contributed by atoms with van der Waals surface area (Å²) >= 11 is 0. The van der Waals surface area contributed by atoms with Crippen molar-refractivity contribution >= 4 is 21.5 Å². The summed E-state index contributed by atoms with van der Waals surface area (Å²) in [4.78, 5) is 0. The minimum atomic E-state index is 0.0452. The molecule has 0 atom stereocenters. The number of aromatic hydroxyl groups is 2. The number of methoxy groups -OCH3 is 2. The van der Waals surface area contributed by atoms with Crippen LogP contribution in [-0.4, -0.2) is 24.4 Å². The summed E-state index contributed by atoms with van der Waals surface area (Å²) in [7, 11) is 3.08. The summed E-state index contributed by atoms with van der Waals surface area (Å²) < 4.78 is 11.1. The van der Waals surface area contributed by atoms with Gasteiger partial charge < -0.3 is 19.7 Å². The normalized spacial score (nSPS) is 11.0. The average Bonchev–Trinajstić information content (AvgIpc) is 2.68. The Hall–Kier alpha value is -3.40. The van der Waals surface area contributed by atoms with Crippen LogP contribution >= 0.6 is 0 Å². The zero-order chi connectivity index (χ0) is 18.3. The molecule has 0 saturated heterocycles. The van der Waals surface area contributed by atoms with E-state index in [1.54, 1.807) is 0 Å². The molecule has 4 aromatic carbocycles. The molecular weight excluding hydrogens is 328 g/mol. The Bertz CT molecular complexity index is 1040. The number of phenols is 2. The standard InChI is InChI=1S/C22H18O4/c1-25-17-11-13-7-3-5-9-15(13)21(23)19(17)20-18(26-2)12-14-8-4-6-10-16(14)22(20)24/h3-12,23-24H,1-2H3. The molecule has 4 aromatic rings. The fourth-order valence-corrected chi connectivity index (χ4v) is 3.41. The Morgan fingerprint density at radius 1 is 0.615 bits per heavy atom. The first-order valence-corrected chi connectivity index (χ1v) is 8.23. The Balaban J connectivity index is 2.16. The van der Waals surface area contributed by atoms with Gasteiger partial charge in [-0.3, -0.25) is 0 Å². The minimum Gasteiger partial charge on any atom is -0.507 e. The number of benzene rings is 4. The van der Waals surface area contributed by atoms with Crippen molar-refractivity contribution in [2.45, 2.75) is 0 Å². The molecule has 26 heavy (non-hydrogen) atoms. The molecule has 0 aliphatic heterocycles. The first-order chi connectivity index (χ1) is 12.7. The summed E-state index contributed by atoms with van der Waals surface area (Å²) in [6, 6.07) is 18.7. The molecule has 4 rings (SSSR count). The Morgan fingerprint density at radius 2 is 1.00 bits per heavy atom. The highest BCUT2D eigenvalue weighted by atomic mass is 16.5. The van der Waals surface area contributed by atoms with Crippen molar-refractivity contribution in [3.05, 3.63) is 60.7 Å². The third-order valence-corrected chi connectivity index (χ3v) is 4.66. The zero-order valence-corrected chi connectivity index (χ0v) is 14.5. The van der Waals surface area contributed by atoms with Gasteiger partial charge in [0.1, 0.15) is 23.0 Å². The molecule has 0 bridgehead atoms. The highest BCUT2D eigenvalue weighted by Gasteiger charge is 2.23. The average molecular weight is 346 g/mol. The van der Waals surface area contributed by atoms with Crippen molar-refractivity contribution in [3.8, 4) is 34.1 Å². The molecule has 0 unspecified atom stereocenters. The van der Waals surface area contributed by atoms with Crippen LogP contribution in [0.1, 0.15) is 0 Å². The predicted octanol–water partition coefficient (Wildman–Crippen LogP) is 5.09. The van der Waals surface area contributed by atoms with Crippen LogP contribution < -0.4 is 9.47 Å². The fourth-order valence-electron chi connectivity index (χ4n) is 3.41. The number of hydrogen-bond acceptors (Lipinski definition) is 4. The van der Waals surface area contributed by atoms with Crippen LogP contribution in [0, 0.1) is 0 Å². The SMILES string of the molecule is COc1cc2ccccc2c(O)c1-c1c(OC)cc2ccccc2c1O. The van der Waals surface area contributed by atoms with E-state index in [2.05, 4.69) is 0 Å². The van der Waals surface area contributed by atoms with Gasteiger partial charge in [-0.05, 0) is 22.9 Å². The molecule has 0 spiro atoms. The number of ether oxygens (including phenoxy) is 2. The van der Waals surface area contributed by atoms with E-state index in [0.29, 0.717) is 33.4 Å². The third-order valence-electron chi connectivity index (χ3n) is 4.66. The van der Waals surface area contributed by atoms with Gasteiger partial charge in [0, 0.05) is 10.8 Å². The molecule has 130 valence electrons. The van der Waals surface area contributed by atoms with Crippen molar-refractivity contribution < 1.29 is 19.7 Å². The summed E-state index contributed by atoms with van der Waals surface area (Å²) in [5, 5.41) is 25.0. The van der Waals surface area contributed by atoms with Crippen LogP contribution in [0.4, 0.5) is 0 Å². The maximum absolute atomic E-state index is 11.0. The maximum Gasteiger partial charge on any atom is 0.135 e. The molecule has 2 N–H and O–H groups in total. The molecule has 4 heteroatoms. The molecule has 0 aromatic heterocycles. The summed E-state index contributed by atoms with van der Waals surface area (Å²) in [5.41, 5.74) is 0.817. The van der Waals surface area contributed by atoms with E-state index in [1.165, 1.54) is 14.2 Å². The number of phenolic OH excluding ortho intramolecular Hbond substituents is 2. The molecule has 4 nitrogen and oxygen atoms in total. The van der Waals surface area contributed by atoms with Gasteiger partial charge in [-0.2, -0.15) is 0 Å². The molecule has 0 amide bonds. The second kappa shape index (κ2) is 6.15. The second-order valence-electron chi connectivity index (χ2n) is 6.05. The Labute approximate surface area is 150 Å². The number of fused-ring (bicyclic) bond motifs is 2. The third kappa shape index (κ3) is 2.30. The van der Waals surface area contributed by atoms with Gasteiger partial charge in [0.25, 0.3) is 0 Å². The predicted molar refractivity (Wildman–Crippen MR) is 103 cm³/mol. The Morgan fingerprint density at radius 3 is 1.38 bits per heavy atom. The van der Waals surface area contributed by atoms with Crippen LogP contribution in [0.15, 0.2) is 60.7 Å². The van der Waals surface area contributed by atoms with Gasteiger partial charge in [0.2, 0.25) is 0 Å². The van der Waals surface area contributed by atoms with Crippen LogP contribution in [0.5, 0.6) is 23.0 Å². The van der Waals surface area contributed by atoms with Crippen molar-refractivity contribution in [1.82, 2.24) is 0 Å². The molecule has 0 fully saturated rings. The molecular formula is C22H18O4. The summed E-state index contributed by atoms with van der Waals surface area (Å²) in [5.74, 6) is 1.02. The van der Waals surface area contributed by atoms with E-state index >= 15 is 0 Å². The lowest BCUT2D eigenvalue weighted by Gasteiger charge is -2.18. The van der Waals surface area contributed by atoms with Crippen molar-refractivity contribution in [1.29, 1.82) is 0 Å². The van der Waals surface area contributed by atoms with Gasteiger partial charge in [0.05, 0.1) is 25.3 Å². The molecule has 0 radical (unpaired) electrons. The highest BCUT2D eigenvalue weighted by Crippen LogP contribution is 2.51. The first-order valence-electron chi connectivity index (χ1n) is 8.23. The molecule has 0 aliphatic rings. The number of rotatable bonds is 3. The fraction of sp³-hybridized carbons (Fsp3) is 0.0909. The first kappa shape index (κ1) is 16.1. The molecule has 0 aliphatic carbocycles. The van der Waals surface area contributed by atoms with Crippen LogP contribution in [0.3, 0.4) is 0 Å². The van der Waals surface area contributed by atoms with Gasteiger partial charge in [-0.1, -0.05) is 48.5 Å². The van der Waals surface area contributed by atoms with E-state index in [-0.39, 0.29) is 11.5 Å². The van der Waals surface area contributed by atoms with Gasteiger partial charge in [-0.15, -0.1) is 0 Å². The lowest BCUT2D eigenvalue weighted by atomic mass is 9.94. The monoisotopic (exact) mass is 346 g/mol. The molecule has 0 saturated carbocycles. The largest absolute Gasteiger partial charge is 0.507 e. The van der Waals surface area contributed by atoms with E-state index in [9.17, 15) is 10.2 Å². The van der Waals surface area contributed by atoms with Crippen LogP contribution in [-0.2, 0) is 0 Å². The highest BCUT2D eigenvalue weighted by molar-refractivity contribution is 6.04. The molecule has 0 heterocycles. The lowest BCUT2D eigenvalue weighted by Crippen LogP contribution is -1.95. The van der Waals surface area contributed by atoms with E-state index in [0.717, 1.165) is 10.8 Å². The van der Waals surface area contributed by atoms with Gasteiger partial charge >= 0.3 is 0 Å². The van der Waals surface area contributed by atoms with Crippen LogP contribution in [0.25, 0.3) is 32.7 Å². The zero-order valence-electron chi connectivity index (χ0n) is 14.5. The van der Waals surface area contributed by atoms with Crippen molar-refractivity contribution in [2.75, 3.05) is 14.2 Å². The number of hydrogen-bond donors (Lipinski definition) is 2. The summed E-state index contributed by atoms with van der Waals surface area (Å²) in [6.45, 7) is 0. The van der Waals surface area contributed by atoms with E-state index < -0.39 is 0 Å². The second-order valence-corrected chi connectivity index (χ2v) is 6.05. The van der Waals surface area contributed by atoms with E-state index in [4.69, 9.17) is 9.47 Å². The quantitative estimate of drug-likeness (QED) is 0.542. The van der Waals surface area contributed by atoms with Crippen LogP contribution in [0.2, 0.25) is 0 Å². The van der Waals surface area contributed by atoms with Gasteiger partial charge in [-0.25, -0.2) is 0 Å². The van der Waals surface area contributed by atoms with Crippen molar-refractivity contribution in [3.63, 3.8) is 0 Å². The topological polar surface area (TPSA) is 58.9 Å². The smallest absolute Gasteiger partial charge is 0.135 e. The maximum atomic E-state index is 11.0. The van der Waals surface area contributed by atoms with Crippen molar-refractivity contribution in [2.24, 2.45) is 0 Å². The van der Waals surface area contributed by atoms with Gasteiger partial charge in [0.15, 0.2) is 0 Å². The summed E-state index contributed by atoms with van der Waals surface area (Å²) in [6.07, 6.45) is 0.